The van der Waals surface area contributed by atoms with Gasteiger partial charge < -0.3 is 10.2 Å². The molecule has 0 amide bonds. The summed E-state index contributed by atoms with van der Waals surface area (Å²) in [4.78, 5) is 15.0. The Kier molecular flexibility index (Phi) is 4.75. The lowest BCUT2D eigenvalue weighted by Crippen LogP contribution is -2.50. The summed E-state index contributed by atoms with van der Waals surface area (Å²) in [6.45, 7) is 4.85. The minimum absolute atomic E-state index is 0.145. The predicted molar refractivity (Wildman–Crippen MR) is 104 cm³/mol. The fraction of sp³-hybridized carbons (Fsp3) is 0.316. The van der Waals surface area contributed by atoms with E-state index in [-0.39, 0.29) is 5.75 Å². The molecule has 0 aliphatic carbocycles. The van der Waals surface area contributed by atoms with Crippen LogP contribution >= 0.6 is 0 Å². The maximum atomic E-state index is 12.8. The van der Waals surface area contributed by atoms with Gasteiger partial charge in [-0.15, -0.1) is 0 Å². The van der Waals surface area contributed by atoms with Crippen molar-refractivity contribution in [3.63, 3.8) is 0 Å². The second-order valence-electron chi connectivity index (χ2n) is 6.72. The molecular formula is C19H21N5O2S. The Bertz CT molecular complexity index is 1060. The van der Waals surface area contributed by atoms with Gasteiger partial charge in [0.15, 0.2) is 9.84 Å². The van der Waals surface area contributed by atoms with Crippen molar-refractivity contribution in [3.8, 4) is 0 Å². The number of aromatic nitrogens is 3. The van der Waals surface area contributed by atoms with Crippen molar-refractivity contribution in [2.45, 2.75) is 23.6 Å². The molecule has 1 N–H and O–H groups in total. The van der Waals surface area contributed by atoms with Gasteiger partial charge in [-0.05, 0) is 42.6 Å². The molecule has 1 fully saturated rings. The van der Waals surface area contributed by atoms with Crippen molar-refractivity contribution in [2.75, 3.05) is 24.5 Å². The van der Waals surface area contributed by atoms with Crippen LogP contribution in [0.5, 0.6) is 0 Å². The van der Waals surface area contributed by atoms with E-state index in [0.717, 1.165) is 36.2 Å². The van der Waals surface area contributed by atoms with Crippen molar-refractivity contribution in [2.24, 2.45) is 0 Å². The number of rotatable bonds is 4. The first-order valence-electron chi connectivity index (χ1n) is 8.88. The zero-order chi connectivity index (χ0) is 18.9. The average molecular weight is 383 g/mol. The highest BCUT2D eigenvalue weighted by molar-refractivity contribution is 7.90. The van der Waals surface area contributed by atoms with Crippen molar-refractivity contribution in [1.29, 1.82) is 0 Å². The van der Waals surface area contributed by atoms with Gasteiger partial charge in [-0.2, -0.15) is 0 Å². The molecule has 1 unspecified atom stereocenters. The number of nitrogens with zero attached hydrogens (tertiary/aromatic N) is 4. The first-order chi connectivity index (χ1) is 13.0. The summed E-state index contributed by atoms with van der Waals surface area (Å²) in [5, 5.41) is 5.21. The van der Waals surface area contributed by atoms with Gasteiger partial charge in [0.25, 0.3) is 0 Å². The molecule has 1 atom stereocenters. The maximum Gasteiger partial charge on any atom is 0.184 e. The summed E-state index contributed by atoms with van der Waals surface area (Å²) < 4.78 is 25.6. The third-order valence-electron chi connectivity index (χ3n) is 4.83. The van der Waals surface area contributed by atoms with Crippen LogP contribution in [0, 0.1) is 0 Å². The molecule has 8 heteroatoms. The van der Waals surface area contributed by atoms with Crippen LogP contribution in [0.3, 0.4) is 0 Å². The van der Waals surface area contributed by atoms with Crippen LogP contribution in [0.2, 0.25) is 0 Å². The minimum atomic E-state index is -3.49. The molecule has 0 radical (unpaired) electrons. The Morgan fingerprint density at radius 2 is 2.07 bits per heavy atom. The molecule has 4 rings (SSSR count). The Morgan fingerprint density at radius 1 is 1.19 bits per heavy atom. The molecule has 0 spiro atoms. The van der Waals surface area contributed by atoms with E-state index in [0.29, 0.717) is 16.6 Å². The molecule has 0 bridgehead atoms. The molecule has 1 saturated heterocycles. The van der Waals surface area contributed by atoms with E-state index >= 15 is 0 Å². The number of hydrogen-bond donors (Lipinski definition) is 1. The van der Waals surface area contributed by atoms with E-state index in [9.17, 15) is 8.42 Å². The van der Waals surface area contributed by atoms with Crippen LogP contribution in [-0.2, 0) is 15.6 Å². The Balaban J connectivity index is 1.71. The van der Waals surface area contributed by atoms with Gasteiger partial charge in [0.2, 0.25) is 0 Å². The lowest BCUT2D eigenvalue weighted by molar-refractivity contribution is 0.498. The largest absolute Gasteiger partial charge is 0.351 e. The zero-order valence-corrected chi connectivity index (χ0v) is 15.9. The molecule has 140 valence electrons. The zero-order valence-electron chi connectivity index (χ0n) is 15.0. The van der Waals surface area contributed by atoms with E-state index in [1.54, 1.807) is 30.6 Å². The predicted octanol–water partition coefficient (Wildman–Crippen LogP) is 1.80. The fourth-order valence-electron chi connectivity index (χ4n) is 3.40. The molecule has 1 aliphatic heterocycles. The van der Waals surface area contributed by atoms with Crippen LogP contribution in [0.1, 0.15) is 12.6 Å². The van der Waals surface area contributed by atoms with E-state index in [2.05, 4.69) is 32.1 Å². The highest BCUT2D eigenvalue weighted by Gasteiger charge is 2.22. The second-order valence-corrected chi connectivity index (χ2v) is 8.71. The number of nitrogens with one attached hydrogen (secondary N) is 1. The Labute approximate surface area is 158 Å². The van der Waals surface area contributed by atoms with Gasteiger partial charge in [-0.1, -0.05) is 0 Å². The maximum absolute atomic E-state index is 12.8. The van der Waals surface area contributed by atoms with Crippen LogP contribution in [-0.4, -0.2) is 49.0 Å². The molecule has 3 aromatic rings. The van der Waals surface area contributed by atoms with E-state index in [1.807, 2.05) is 12.1 Å². The lowest BCUT2D eigenvalue weighted by atomic mass is 10.1. The monoisotopic (exact) mass is 383 g/mol. The molecule has 7 nitrogen and oxygen atoms in total. The van der Waals surface area contributed by atoms with Gasteiger partial charge in [-0.25, -0.2) is 23.4 Å². The van der Waals surface area contributed by atoms with Crippen molar-refractivity contribution in [3.05, 3.63) is 54.7 Å². The summed E-state index contributed by atoms with van der Waals surface area (Å²) >= 11 is 0. The molecule has 0 saturated carbocycles. The smallest absolute Gasteiger partial charge is 0.184 e. The van der Waals surface area contributed by atoms with E-state index in [4.69, 9.17) is 0 Å². The number of anilines is 1. The summed E-state index contributed by atoms with van der Waals surface area (Å²) in [5.41, 5.74) is 0.482. The fourth-order valence-corrected chi connectivity index (χ4v) is 4.71. The summed E-state index contributed by atoms with van der Waals surface area (Å²) in [5.74, 6) is 0.759. The Hall–Kier alpha value is -2.58. The number of pyridine rings is 1. The molecule has 27 heavy (non-hydrogen) atoms. The Morgan fingerprint density at radius 3 is 2.85 bits per heavy atom. The summed E-state index contributed by atoms with van der Waals surface area (Å²) in [6, 6.07) is 9.06. The first-order valence-corrected chi connectivity index (χ1v) is 10.5. The summed E-state index contributed by atoms with van der Waals surface area (Å²) in [6.07, 6.45) is 4.65. The third kappa shape index (κ3) is 3.63. The van der Waals surface area contributed by atoms with Gasteiger partial charge in [-0.3, -0.25) is 0 Å². The van der Waals surface area contributed by atoms with Gasteiger partial charge in [0.1, 0.15) is 12.1 Å². The minimum Gasteiger partial charge on any atom is -0.351 e. The lowest BCUT2D eigenvalue weighted by Gasteiger charge is -2.35. The average Bonchev–Trinajstić information content (AvgIpc) is 2.68. The van der Waals surface area contributed by atoms with Crippen molar-refractivity contribution < 1.29 is 8.42 Å². The second kappa shape index (κ2) is 7.21. The van der Waals surface area contributed by atoms with Crippen LogP contribution < -0.4 is 10.2 Å². The number of sulfone groups is 1. The van der Waals surface area contributed by atoms with Gasteiger partial charge in [0, 0.05) is 43.5 Å². The highest BCUT2D eigenvalue weighted by atomic mass is 32.2. The van der Waals surface area contributed by atoms with Crippen molar-refractivity contribution >= 4 is 26.4 Å². The first kappa shape index (κ1) is 17.8. The number of benzene rings is 1. The SMILES string of the molecule is CC1CNCCN1c1nccc2cc(S(=O)(=O)Cc3ccncn3)ccc12. The normalized spacial score (nSPS) is 18.0. The molecule has 3 heterocycles. The molecular weight excluding hydrogens is 362 g/mol. The molecule has 1 aliphatic rings. The number of piperazine rings is 1. The molecule has 2 aromatic heterocycles. The standard InChI is InChI=1S/C19H21N5O2S/c1-14-11-20-8-9-24(14)19-18-3-2-17(10-15(18)4-7-22-19)27(25,26)12-16-5-6-21-13-23-16/h2-7,10,13-14,20H,8-9,11-12H2,1H3. The van der Waals surface area contributed by atoms with E-state index < -0.39 is 9.84 Å². The van der Waals surface area contributed by atoms with Crippen LogP contribution in [0.25, 0.3) is 10.8 Å². The number of hydrogen-bond acceptors (Lipinski definition) is 7. The number of fused-ring (bicyclic) bond motifs is 1. The highest BCUT2D eigenvalue weighted by Crippen LogP contribution is 2.29. The van der Waals surface area contributed by atoms with Gasteiger partial charge in [0.05, 0.1) is 16.3 Å². The van der Waals surface area contributed by atoms with Gasteiger partial charge >= 0.3 is 0 Å². The quantitative estimate of drug-likeness (QED) is 0.735. The topological polar surface area (TPSA) is 88.1 Å². The van der Waals surface area contributed by atoms with Crippen molar-refractivity contribution in [1.82, 2.24) is 20.3 Å². The molecule has 1 aromatic carbocycles. The van der Waals surface area contributed by atoms with Crippen LogP contribution in [0.15, 0.2) is 53.9 Å². The van der Waals surface area contributed by atoms with E-state index in [1.165, 1.54) is 6.33 Å². The van der Waals surface area contributed by atoms with Crippen LogP contribution in [0.4, 0.5) is 5.82 Å². The third-order valence-corrected chi connectivity index (χ3v) is 6.48. The summed E-state index contributed by atoms with van der Waals surface area (Å²) in [7, 11) is -3.49.